The number of nitrogens with one attached hydrogen (secondary N) is 1. The van der Waals surface area contributed by atoms with Gasteiger partial charge >= 0.3 is 0 Å². The van der Waals surface area contributed by atoms with Crippen molar-refractivity contribution in [3.63, 3.8) is 0 Å². The molecule has 0 aliphatic carbocycles. The summed E-state index contributed by atoms with van der Waals surface area (Å²) in [5.74, 6) is 0.0932. The lowest BCUT2D eigenvalue weighted by Crippen LogP contribution is -2.22. The van der Waals surface area contributed by atoms with Crippen LogP contribution in [0, 0.1) is 5.82 Å². The zero-order valence-electron chi connectivity index (χ0n) is 11.5. The van der Waals surface area contributed by atoms with Crippen LogP contribution < -0.4 is 10.1 Å². The van der Waals surface area contributed by atoms with E-state index < -0.39 is 5.82 Å². The summed E-state index contributed by atoms with van der Waals surface area (Å²) in [5, 5.41) is 3.03. The van der Waals surface area contributed by atoms with Gasteiger partial charge in [-0.2, -0.15) is 0 Å². The monoisotopic (exact) mass is 307 g/mol. The fourth-order valence-corrected chi connectivity index (χ4v) is 2.05. The van der Waals surface area contributed by atoms with Crippen LogP contribution in [0.1, 0.15) is 22.8 Å². The van der Waals surface area contributed by atoms with Gasteiger partial charge in [0.15, 0.2) is 0 Å². The maximum atomic E-state index is 12.9. The lowest BCUT2D eigenvalue weighted by atomic mass is 10.2. The number of hydrogen-bond acceptors (Lipinski definition) is 2. The molecule has 3 nitrogen and oxygen atoms in total. The van der Waals surface area contributed by atoms with Crippen molar-refractivity contribution in [1.82, 2.24) is 5.32 Å². The van der Waals surface area contributed by atoms with Crippen molar-refractivity contribution in [2.45, 2.75) is 13.5 Å². The summed E-state index contributed by atoms with van der Waals surface area (Å²) >= 11 is 5.91. The molecule has 0 saturated carbocycles. The highest BCUT2D eigenvalue weighted by Crippen LogP contribution is 2.17. The van der Waals surface area contributed by atoms with Crippen LogP contribution in [0.25, 0.3) is 0 Å². The van der Waals surface area contributed by atoms with E-state index in [-0.39, 0.29) is 12.5 Å². The number of halogens is 2. The van der Waals surface area contributed by atoms with Crippen LogP contribution in [0.2, 0.25) is 5.02 Å². The Bertz CT molecular complexity index is 629. The van der Waals surface area contributed by atoms with E-state index in [4.69, 9.17) is 16.3 Å². The molecule has 0 fully saturated rings. The van der Waals surface area contributed by atoms with Gasteiger partial charge in [-0.15, -0.1) is 0 Å². The predicted molar refractivity (Wildman–Crippen MR) is 80.2 cm³/mol. The molecule has 0 spiro atoms. The Hall–Kier alpha value is -2.07. The van der Waals surface area contributed by atoms with E-state index in [9.17, 15) is 9.18 Å². The first-order chi connectivity index (χ1) is 10.1. The van der Waals surface area contributed by atoms with Crippen molar-refractivity contribution >= 4 is 17.5 Å². The van der Waals surface area contributed by atoms with Crippen molar-refractivity contribution in [1.29, 1.82) is 0 Å². The van der Waals surface area contributed by atoms with E-state index in [0.29, 0.717) is 22.8 Å². The van der Waals surface area contributed by atoms with Crippen LogP contribution >= 0.6 is 11.6 Å². The minimum Gasteiger partial charge on any atom is -0.494 e. The van der Waals surface area contributed by atoms with Crippen molar-refractivity contribution in [3.8, 4) is 5.75 Å². The van der Waals surface area contributed by atoms with Gasteiger partial charge < -0.3 is 10.1 Å². The predicted octanol–water partition coefficient (Wildman–Crippen LogP) is 3.81. The average molecular weight is 308 g/mol. The Labute approximate surface area is 127 Å². The van der Waals surface area contributed by atoms with Crippen LogP contribution in [-0.2, 0) is 6.54 Å². The molecular formula is C16H15ClFNO2. The molecule has 21 heavy (non-hydrogen) atoms. The molecule has 0 unspecified atom stereocenters. The van der Waals surface area contributed by atoms with Crippen molar-refractivity contribution < 1.29 is 13.9 Å². The second-order valence-corrected chi connectivity index (χ2v) is 4.78. The summed E-state index contributed by atoms with van der Waals surface area (Å²) in [5.41, 5.74) is 1.19. The minimum absolute atomic E-state index is 0.224. The molecule has 5 heteroatoms. The van der Waals surface area contributed by atoms with E-state index in [1.165, 1.54) is 12.1 Å². The molecule has 0 atom stereocenters. The number of rotatable bonds is 5. The second kappa shape index (κ2) is 7.09. The molecule has 0 bridgehead atoms. The molecule has 0 saturated heterocycles. The van der Waals surface area contributed by atoms with Gasteiger partial charge in [0.2, 0.25) is 0 Å². The van der Waals surface area contributed by atoms with Gasteiger partial charge in [-0.25, -0.2) is 4.39 Å². The van der Waals surface area contributed by atoms with Crippen molar-refractivity contribution in [2.24, 2.45) is 0 Å². The first-order valence-corrected chi connectivity index (χ1v) is 6.93. The highest BCUT2D eigenvalue weighted by atomic mass is 35.5. The fraction of sp³-hybridized carbons (Fsp3) is 0.188. The van der Waals surface area contributed by atoms with Gasteiger partial charge in [0, 0.05) is 17.1 Å². The van der Waals surface area contributed by atoms with Gasteiger partial charge in [0.1, 0.15) is 11.6 Å². The Balaban J connectivity index is 1.98. The fourth-order valence-electron chi connectivity index (χ4n) is 1.81. The number of ether oxygens (including phenoxy) is 1. The number of amides is 1. The molecule has 2 aromatic carbocycles. The van der Waals surface area contributed by atoms with Crippen LogP contribution in [0.3, 0.4) is 0 Å². The number of hydrogen-bond donors (Lipinski definition) is 1. The summed E-state index contributed by atoms with van der Waals surface area (Å²) in [7, 11) is 0. The largest absolute Gasteiger partial charge is 0.494 e. The average Bonchev–Trinajstić information content (AvgIpc) is 2.47. The second-order valence-electron chi connectivity index (χ2n) is 4.38. The molecule has 0 radical (unpaired) electrons. The lowest BCUT2D eigenvalue weighted by molar-refractivity contribution is 0.0951. The topological polar surface area (TPSA) is 38.3 Å². The molecule has 1 amide bonds. The molecule has 1 N–H and O–H groups in total. The minimum atomic E-state index is -0.401. The molecule has 2 rings (SSSR count). The normalized spacial score (nSPS) is 10.2. The molecular weight excluding hydrogens is 293 g/mol. The third-order valence-corrected chi connectivity index (χ3v) is 3.23. The number of carbonyl (C=O) groups excluding carboxylic acids is 1. The summed E-state index contributed by atoms with van der Waals surface area (Å²) in [6.45, 7) is 2.72. The molecule has 0 heterocycles. The van der Waals surface area contributed by atoms with E-state index in [0.717, 1.165) is 5.75 Å². The standard InChI is InChI=1S/C16H15ClFNO2/c1-2-21-14-7-4-11(5-8-14)16(20)19-10-12-3-6-13(18)9-15(12)17/h3-9H,2,10H2,1H3,(H,19,20). The summed E-state index contributed by atoms with van der Waals surface area (Å²) < 4.78 is 18.2. The maximum Gasteiger partial charge on any atom is 0.251 e. The number of benzene rings is 2. The Morgan fingerprint density at radius 3 is 2.57 bits per heavy atom. The highest BCUT2D eigenvalue weighted by molar-refractivity contribution is 6.31. The molecule has 110 valence electrons. The Kier molecular flexibility index (Phi) is 5.17. The van der Waals surface area contributed by atoms with Gasteiger partial charge in [-0.1, -0.05) is 17.7 Å². The van der Waals surface area contributed by atoms with Crippen LogP contribution in [0.15, 0.2) is 42.5 Å². The quantitative estimate of drug-likeness (QED) is 0.912. The van der Waals surface area contributed by atoms with Crippen molar-refractivity contribution in [2.75, 3.05) is 6.61 Å². The number of carbonyl (C=O) groups is 1. The summed E-state index contributed by atoms with van der Waals surface area (Å²) in [6, 6.07) is 10.9. The third kappa shape index (κ3) is 4.20. The van der Waals surface area contributed by atoms with Crippen LogP contribution in [-0.4, -0.2) is 12.5 Å². The third-order valence-electron chi connectivity index (χ3n) is 2.88. The van der Waals surface area contributed by atoms with Crippen LogP contribution in [0.5, 0.6) is 5.75 Å². The molecule has 0 aliphatic rings. The molecule has 0 aliphatic heterocycles. The van der Waals surface area contributed by atoms with Crippen LogP contribution in [0.4, 0.5) is 4.39 Å². The van der Waals surface area contributed by atoms with E-state index in [2.05, 4.69) is 5.32 Å². The van der Waals surface area contributed by atoms with Gasteiger partial charge in [0.25, 0.3) is 5.91 Å². The van der Waals surface area contributed by atoms with Gasteiger partial charge in [-0.05, 0) is 48.9 Å². The van der Waals surface area contributed by atoms with Crippen molar-refractivity contribution in [3.05, 3.63) is 64.4 Å². The first-order valence-electron chi connectivity index (χ1n) is 6.55. The van der Waals surface area contributed by atoms with E-state index in [1.54, 1.807) is 30.3 Å². The summed E-state index contributed by atoms with van der Waals surface area (Å²) in [4.78, 5) is 12.0. The SMILES string of the molecule is CCOc1ccc(C(=O)NCc2ccc(F)cc2Cl)cc1. The zero-order valence-corrected chi connectivity index (χ0v) is 12.3. The maximum absolute atomic E-state index is 12.9. The van der Waals surface area contributed by atoms with E-state index in [1.807, 2.05) is 6.92 Å². The lowest BCUT2D eigenvalue weighted by Gasteiger charge is -2.08. The Morgan fingerprint density at radius 1 is 1.24 bits per heavy atom. The summed E-state index contributed by atoms with van der Waals surface area (Å²) in [6.07, 6.45) is 0. The Morgan fingerprint density at radius 2 is 1.95 bits per heavy atom. The van der Waals surface area contributed by atoms with Gasteiger partial charge in [0.05, 0.1) is 6.61 Å². The van der Waals surface area contributed by atoms with Gasteiger partial charge in [-0.3, -0.25) is 4.79 Å². The molecule has 2 aromatic rings. The zero-order chi connectivity index (χ0) is 15.2. The smallest absolute Gasteiger partial charge is 0.251 e. The first kappa shape index (κ1) is 15.3. The van der Waals surface area contributed by atoms with E-state index >= 15 is 0 Å². The molecule has 0 aromatic heterocycles. The highest BCUT2D eigenvalue weighted by Gasteiger charge is 2.07.